The zero-order chi connectivity index (χ0) is 17.5. The van der Waals surface area contributed by atoms with Gasteiger partial charge in [0.1, 0.15) is 0 Å². The lowest BCUT2D eigenvalue weighted by Crippen LogP contribution is -2.19. The fourth-order valence-electron chi connectivity index (χ4n) is 2.15. The fraction of sp³-hybridized carbons (Fsp3) is 0.0500. The molecular formula is C20H18N4O. The van der Waals surface area contributed by atoms with Crippen molar-refractivity contribution in [2.75, 3.05) is 10.6 Å². The zero-order valence-corrected chi connectivity index (χ0v) is 13.8. The predicted octanol–water partition coefficient (Wildman–Crippen LogP) is 6.05. The van der Waals surface area contributed by atoms with Crippen LogP contribution >= 0.6 is 0 Å². The summed E-state index contributed by atoms with van der Waals surface area (Å²) in [5.74, 6) is 0. The van der Waals surface area contributed by atoms with Crippen LogP contribution in [0.15, 0.2) is 89.1 Å². The molecule has 0 spiro atoms. The van der Waals surface area contributed by atoms with E-state index in [1.165, 1.54) is 0 Å². The van der Waals surface area contributed by atoms with Crippen molar-refractivity contribution in [3.8, 4) is 0 Å². The lowest BCUT2D eigenvalue weighted by molar-refractivity contribution is 0.262. The first kappa shape index (κ1) is 16.4. The molecule has 124 valence electrons. The SMILES string of the molecule is Cc1ccc(NC(=O)Nc2ccc(N=Nc3ccccc3)cc2)cc1. The Labute approximate surface area is 146 Å². The number of amides is 2. The largest absolute Gasteiger partial charge is 0.323 e. The fourth-order valence-corrected chi connectivity index (χ4v) is 2.15. The number of rotatable bonds is 4. The molecule has 0 fully saturated rings. The van der Waals surface area contributed by atoms with Crippen LogP contribution < -0.4 is 10.6 Å². The molecule has 0 radical (unpaired) electrons. The number of hydrogen-bond donors (Lipinski definition) is 2. The Morgan fingerprint density at radius 2 is 1.16 bits per heavy atom. The topological polar surface area (TPSA) is 65.8 Å². The number of benzene rings is 3. The number of azo groups is 1. The summed E-state index contributed by atoms with van der Waals surface area (Å²) in [6.07, 6.45) is 0. The van der Waals surface area contributed by atoms with Gasteiger partial charge in [0, 0.05) is 11.4 Å². The quantitative estimate of drug-likeness (QED) is 0.561. The maximum absolute atomic E-state index is 12.0. The van der Waals surface area contributed by atoms with Crippen molar-refractivity contribution in [1.82, 2.24) is 0 Å². The summed E-state index contributed by atoms with van der Waals surface area (Å²) < 4.78 is 0. The maximum Gasteiger partial charge on any atom is 0.323 e. The van der Waals surface area contributed by atoms with Crippen molar-refractivity contribution in [2.45, 2.75) is 6.92 Å². The number of nitrogens with one attached hydrogen (secondary N) is 2. The molecule has 0 heterocycles. The van der Waals surface area contributed by atoms with Crippen molar-refractivity contribution < 1.29 is 4.79 Å². The van der Waals surface area contributed by atoms with Crippen molar-refractivity contribution in [2.24, 2.45) is 10.2 Å². The summed E-state index contributed by atoms with van der Waals surface area (Å²) in [6, 6.07) is 24.0. The molecule has 2 N–H and O–H groups in total. The van der Waals surface area contributed by atoms with E-state index in [0.717, 1.165) is 16.9 Å². The Morgan fingerprint density at radius 1 is 0.680 bits per heavy atom. The van der Waals surface area contributed by atoms with E-state index in [0.29, 0.717) is 11.4 Å². The highest BCUT2D eigenvalue weighted by atomic mass is 16.2. The zero-order valence-electron chi connectivity index (χ0n) is 13.8. The minimum Gasteiger partial charge on any atom is -0.308 e. The second kappa shape index (κ2) is 7.88. The van der Waals surface area contributed by atoms with Gasteiger partial charge in [-0.25, -0.2) is 4.79 Å². The Hall–Kier alpha value is -3.47. The van der Waals surface area contributed by atoms with Crippen LogP contribution in [0.2, 0.25) is 0 Å². The van der Waals surface area contributed by atoms with Gasteiger partial charge in [-0.3, -0.25) is 0 Å². The monoisotopic (exact) mass is 330 g/mol. The van der Waals surface area contributed by atoms with Crippen LogP contribution in [-0.4, -0.2) is 6.03 Å². The molecule has 0 saturated carbocycles. The van der Waals surface area contributed by atoms with E-state index in [1.807, 2.05) is 61.5 Å². The maximum atomic E-state index is 12.0. The molecule has 5 nitrogen and oxygen atoms in total. The summed E-state index contributed by atoms with van der Waals surface area (Å²) in [6.45, 7) is 2.00. The molecule has 0 atom stereocenters. The van der Waals surface area contributed by atoms with Crippen LogP contribution in [0.4, 0.5) is 27.5 Å². The molecule has 0 saturated heterocycles. The molecule has 5 heteroatoms. The molecule has 3 aromatic rings. The summed E-state index contributed by atoms with van der Waals surface area (Å²) >= 11 is 0. The number of urea groups is 1. The third-order valence-electron chi connectivity index (χ3n) is 3.47. The van der Waals surface area contributed by atoms with Crippen LogP contribution in [0.25, 0.3) is 0 Å². The number of nitrogens with zero attached hydrogens (tertiary/aromatic N) is 2. The molecule has 3 rings (SSSR count). The average molecular weight is 330 g/mol. The highest BCUT2D eigenvalue weighted by molar-refractivity contribution is 5.99. The summed E-state index contributed by atoms with van der Waals surface area (Å²) in [5, 5.41) is 13.9. The third-order valence-corrected chi connectivity index (χ3v) is 3.47. The van der Waals surface area contributed by atoms with Gasteiger partial charge in [-0.15, -0.1) is 0 Å². The van der Waals surface area contributed by atoms with E-state index < -0.39 is 0 Å². The van der Waals surface area contributed by atoms with Crippen LogP contribution in [0.3, 0.4) is 0 Å². The minimum absolute atomic E-state index is 0.289. The number of anilines is 2. The normalized spacial score (nSPS) is 10.6. The summed E-state index contributed by atoms with van der Waals surface area (Å²) in [4.78, 5) is 12.0. The smallest absolute Gasteiger partial charge is 0.308 e. The van der Waals surface area contributed by atoms with Gasteiger partial charge in [-0.05, 0) is 55.5 Å². The standard InChI is InChI=1S/C20H18N4O/c1-15-7-9-16(10-8-15)21-20(25)22-17-11-13-19(14-12-17)24-23-18-5-3-2-4-6-18/h2-14H,1H3,(H2,21,22,25). The molecule has 3 aromatic carbocycles. The van der Waals surface area contributed by atoms with Crippen molar-refractivity contribution >= 4 is 28.8 Å². The minimum atomic E-state index is -0.289. The van der Waals surface area contributed by atoms with Crippen molar-refractivity contribution in [1.29, 1.82) is 0 Å². The number of carbonyl (C=O) groups excluding carboxylic acids is 1. The highest BCUT2D eigenvalue weighted by Gasteiger charge is 2.02. The first-order valence-electron chi connectivity index (χ1n) is 7.90. The van der Waals surface area contributed by atoms with Crippen LogP contribution in [-0.2, 0) is 0 Å². The van der Waals surface area contributed by atoms with Gasteiger partial charge in [-0.2, -0.15) is 10.2 Å². The van der Waals surface area contributed by atoms with E-state index in [2.05, 4.69) is 20.9 Å². The van der Waals surface area contributed by atoms with Crippen LogP contribution in [0.5, 0.6) is 0 Å². The van der Waals surface area contributed by atoms with E-state index in [4.69, 9.17) is 0 Å². The molecule has 0 aliphatic heterocycles. The van der Waals surface area contributed by atoms with Gasteiger partial charge in [-0.1, -0.05) is 35.9 Å². The van der Waals surface area contributed by atoms with Crippen molar-refractivity contribution in [3.63, 3.8) is 0 Å². The van der Waals surface area contributed by atoms with Crippen molar-refractivity contribution in [3.05, 3.63) is 84.4 Å². The first-order chi connectivity index (χ1) is 12.2. The van der Waals surface area contributed by atoms with Gasteiger partial charge in [0.2, 0.25) is 0 Å². The van der Waals surface area contributed by atoms with Gasteiger partial charge >= 0.3 is 6.03 Å². The van der Waals surface area contributed by atoms with E-state index >= 15 is 0 Å². The predicted molar refractivity (Wildman–Crippen MR) is 101 cm³/mol. The number of carbonyl (C=O) groups is 1. The second-order valence-corrected chi connectivity index (χ2v) is 5.53. The van der Waals surface area contributed by atoms with E-state index in [1.54, 1.807) is 24.3 Å². The highest BCUT2D eigenvalue weighted by Crippen LogP contribution is 2.20. The Bertz CT molecular complexity index is 856. The Balaban J connectivity index is 1.57. The Morgan fingerprint density at radius 3 is 1.72 bits per heavy atom. The molecule has 2 amide bonds. The van der Waals surface area contributed by atoms with E-state index in [-0.39, 0.29) is 6.03 Å². The lowest BCUT2D eigenvalue weighted by atomic mass is 10.2. The molecule has 0 bridgehead atoms. The molecule has 0 aliphatic carbocycles. The van der Waals surface area contributed by atoms with E-state index in [9.17, 15) is 4.79 Å². The second-order valence-electron chi connectivity index (χ2n) is 5.53. The van der Waals surface area contributed by atoms with Gasteiger partial charge in [0.15, 0.2) is 0 Å². The average Bonchev–Trinajstić information content (AvgIpc) is 2.64. The molecule has 0 aliphatic rings. The third kappa shape index (κ3) is 5.00. The van der Waals surface area contributed by atoms with Crippen LogP contribution in [0, 0.1) is 6.92 Å². The molecule has 0 aromatic heterocycles. The molecule has 25 heavy (non-hydrogen) atoms. The Kier molecular flexibility index (Phi) is 5.16. The number of hydrogen-bond acceptors (Lipinski definition) is 3. The summed E-state index contributed by atoms with van der Waals surface area (Å²) in [7, 11) is 0. The molecule has 0 unspecified atom stereocenters. The molecular weight excluding hydrogens is 312 g/mol. The number of aryl methyl sites for hydroxylation is 1. The summed E-state index contributed by atoms with van der Waals surface area (Å²) in [5.41, 5.74) is 4.08. The van der Waals surface area contributed by atoms with Gasteiger partial charge in [0.25, 0.3) is 0 Å². The van der Waals surface area contributed by atoms with Gasteiger partial charge < -0.3 is 10.6 Å². The van der Waals surface area contributed by atoms with Crippen LogP contribution in [0.1, 0.15) is 5.56 Å². The lowest BCUT2D eigenvalue weighted by Gasteiger charge is -2.08. The van der Waals surface area contributed by atoms with Gasteiger partial charge in [0.05, 0.1) is 11.4 Å². The first-order valence-corrected chi connectivity index (χ1v) is 7.90.